The molecule has 28 heavy (non-hydrogen) atoms. The molecule has 2 fully saturated rings. The molecule has 2 aliphatic rings. The van der Waals surface area contributed by atoms with Gasteiger partial charge in [-0.2, -0.15) is 0 Å². The highest BCUT2D eigenvalue weighted by Crippen LogP contribution is 2.32. The first kappa shape index (κ1) is 19.1. The topological polar surface area (TPSA) is 78.4 Å². The maximum atomic E-state index is 12.5. The van der Waals surface area contributed by atoms with E-state index < -0.39 is 0 Å². The third kappa shape index (κ3) is 4.12. The van der Waals surface area contributed by atoms with Gasteiger partial charge in [0, 0.05) is 43.5 Å². The molecule has 3 heterocycles. The minimum atomic E-state index is -0.00807. The average molecular weight is 420 g/mol. The number of halogens is 1. The van der Waals surface area contributed by atoms with Crippen molar-refractivity contribution in [3.63, 3.8) is 0 Å². The lowest BCUT2D eigenvalue weighted by Crippen LogP contribution is -2.40. The van der Waals surface area contributed by atoms with Gasteiger partial charge in [-0.25, -0.2) is 0 Å². The Labute approximate surface area is 172 Å². The zero-order valence-electron chi connectivity index (χ0n) is 15.4. The predicted molar refractivity (Wildman–Crippen MR) is 110 cm³/mol. The minimum Gasteiger partial charge on any atom is -0.352 e. The lowest BCUT2D eigenvalue weighted by atomic mass is 9.96. The van der Waals surface area contributed by atoms with Gasteiger partial charge in [0.2, 0.25) is 22.1 Å². The Bertz CT molecular complexity index is 866. The van der Waals surface area contributed by atoms with Gasteiger partial charge in [-0.1, -0.05) is 41.1 Å². The Morgan fingerprint density at radius 3 is 2.64 bits per heavy atom. The quantitative estimate of drug-likeness (QED) is 0.806. The van der Waals surface area contributed by atoms with E-state index in [2.05, 4.69) is 20.4 Å². The summed E-state index contributed by atoms with van der Waals surface area (Å²) in [6.45, 7) is 2.68. The van der Waals surface area contributed by atoms with Crippen molar-refractivity contribution < 1.29 is 9.59 Å². The van der Waals surface area contributed by atoms with Crippen LogP contribution in [-0.2, 0) is 16.1 Å². The molecule has 2 saturated heterocycles. The number of benzene rings is 1. The van der Waals surface area contributed by atoms with Crippen molar-refractivity contribution in [3.05, 3.63) is 34.9 Å². The summed E-state index contributed by atoms with van der Waals surface area (Å²) in [5, 5.41) is 13.6. The first-order valence-electron chi connectivity index (χ1n) is 9.52. The monoisotopic (exact) mass is 419 g/mol. The molecular weight excluding hydrogens is 398 g/mol. The fourth-order valence-corrected chi connectivity index (χ4v) is 4.74. The number of amides is 2. The molecule has 0 unspecified atom stereocenters. The van der Waals surface area contributed by atoms with Gasteiger partial charge in [-0.15, -0.1) is 10.2 Å². The van der Waals surface area contributed by atoms with Gasteiger partial charge in [0.05, 0.1) is 0 Å². The first-order valence-corrected chi connectivity index (χ1v) is 10.7. The Kier molecular flexibility index (Phi) is 5.77. The Morgan fingerprint density at radius 2 is 1.93 bits per heavy atom. The zero-order chi connectivity index (χ0) is 19.5. The number of carbonyl (C=O) groups is 2. The smallest absolute Gasteiger partial charge is 0.228 e. The van der Waals surface area contributed by atoms with Crippen LogP contribution >= 0.6 is 22.9 Å². The summed E-state index contributed by atoms with van der Waals surface area (Å²) in [6, 6.07) is 7.54. The van der Waals surface area contributed by atoms with Crippen molar-refractivity contribution in [1.82, 2.24) is 15.5 Å². The van der Waals surface area contributed by atoms with Crippen LogP contribution < -0.4 is 15.1 Å². The van der Waals surface area contributed by atoms with E-state index in [4.69, 9.17) is 11.6 Å². The van der Waals surface area contributed by atoms with Gasteiger partial charge in [0.15, 0.2) is 0 Å². The highest BCUT2D eigenvalue weighted by atomic mass is 35.5. The molecule has 1 aromatic heterocycles. The Morgan fingerprint density at radius 1 is 1.18 bits per heavy atom. The van der Waals surface area contributed by atoms with Crippen molar-refractivity contribution in [2.24, 2.45) is 5.92 Å². The standard InChI is InChI=1S/C19H22ClN5O2S/c20-15-5-2-1-4-14(15)12-21-17(27)13-7-10-24(11-8-13)18-22-23-19(28-18)25-9-3-6-16(25)26/h1-2,4-5,13H,3,6-12H2,(H,21,27). The molecule has 0 radical (unpaired) electrons. The lowest BCUT2D eigenvalue weighted by molar-refractivity contribution is -0.125. The number of carbonyl (C=O) groups excluding carboxylic acids is 2. The SMILES string of the molecule is O=C(NCc1ccccc1Cl)C1CCN(c2nnc(N3CCCC3=O)s2)CC1. The van der Waals surface area contributed by atoms with Crippen LogP contribution in [0.4, 0.5) is 10.3 Å². The molecule has 148 valence electrons. The van der Waals surface area contributed by atoms with Crippen LogP contribution in [0, 0.1) is 5.92 Å². The lowest BCUT2D eigenvalue weighted by Gasteiger charge is -2.30. The summed E-state index contributed by atoms with van der Waals surface area (Å²) in [5.41, 5.74) is 0.924. The molecule has 0 spiro atoms. The number of nitrogens with zero attached hydrogens (tertiary/aromatic N) is 4. The number of piperidine rings is 1. The van der Waals surface area contributed by atoms with Crippen molar-refractivity contribution in [2.45, 2.75) is 32.2 Å². The van der Waals surface area contributed by atoms with Crippen LogP contribution in [0.25, 0.3) is 0 Å². The van der Waals surface area contributed by atoms with Gasteiger partial charge in [-0.05, 0) is 30.9 Å². The fourth-order valence-electron chi connectivity index (χ4n) is 3.60. The normalized spacial score (nSPS) is 18.0. The molecule has 1 aromatic carbocycles. The second-order valence-electron chi connectivity index (χ2n) is 7.09. The van der Waals surface area contributed by atoms with Gasteiger partial charge >= 0.3 is 0 Å². The molecule has 2 amide bonds. The molecule has 1 N–H and O–H groups in total. The Hall–Kier alpha value is -2.19. The summed E-state index contributed by atoms with van der Waals surface area (Å²) < 4.78 is 0. The second-order valence-corrected chi connectivity index (χ2v) is 8.43. The van der Waals surface area contributed by atoms with Gasteiger partial charge < -0.3 is 10.2 Å². The molecule has 0 saturated carbocycles. The van der Waals surface area contributed by atoms with E-state index in [9.17, 15) is 9.59 Å². The molecular formula is C19H22ClN5O2S. The molecule has 4 rings (SSSR count). The van der Waals surface area contributed by atoms with Crippen LogP contribution in [0.3, 0.4) is 0 Å². The molecule has 7 nitrogen and oxygen atoms in total. The molecule has 0 bridgehead atoms. The highest BCUT2D eigenvalue weighted by Gasteiger charge is 2.29. The molecule has 9 heteroatoms. The summed E-state index contributed by atoms with van der Waals surface area (Å²) in [4.78, 5) is 28.2. The van der Waals surface area contributed by atoms with Crippen LogP contribution in [0.1, 0.15) is 31.2 Å². The summed E-state index contributed by atoms with van der Waals surface area (Å²) >= 11 is 7.60. The van der Waals surface area contributed by atoms with Crippen molar-refractivity contribution >= 4 is 45.0 Å². The zero-order valence-corrected chi connectivity index (χ0v) is 17.0. The first-order chi connectivity index (χ1) is 13.6. The number of rotatable bonds is 5. The van der Waals surface area contributed by atoms with Crippen LogP contribution in [0.15, 0.2) is 24.3 Å². The maximum Gasteiger partial charge on any atom is 0.228 e. The van der Waals surface area contributed by atoms with Crippen LogP contribution in [-0.4, -0.2) is 41.6 Å². The summed E-state index contributed by atoms with van der Waals surface area (Å²) in [7, 11) is 0. The number of nitrogens with one attached hydrogen (secondary N) is 1. The summed E-state index contributed by atoms with van der Waals surface area (Å²) in [6.07, 6.45) is 3.00. The van der Waals surface area contributed by atoms with E-state index in [0.717, 1.165) is 49.6 Å². The highest BCUT2D eigenvalue weighted by molar-refractivity contribution is 7.19. The van der Waals surface area contributed by atoms with E-state index in [-0.39, 0.29) is 17.7 Å². The minimum absolute atomic E-state index is 0.00807. The van der Waals surface area contributed by atoms with Crippen LogP contribution in [0.2, 0.25) is 5.02 Å². The fraction of sp³-hybridized carbons (Fsp3) is 0.474. The van der Waals surface area contributed by atoms with Gasteiger partial charge in [0.25, 0.3) is 0 Å². The van der Waals surface area contributed by atoms with E-state index >= 15 is 0 Å². The van der Waals surface area contributed by atoms with E-state index in [1.807, 2.05) is 24.3 Å². The third-order valence-corrected chi connectivity index (χ3v) is 6.63. The van der Waals surface area contributed by atoms with Crippen molar-refractivity contribution in [2.75, 3.05) is 29.4 Å². The van der Waals surface area contributed by atoms with Crippen LogP contribution in [0.5, 0.6) is 0 Å². The molecule has 2 aliphatic heterocycles. The number of anilines is 2. The van der Waals surface area contributed by atoms with Gasteiger partial charge in [-0.3, -0.25) is 14.5 Å². The third-order valence-electron chi connectivity index (χ3n) is 5.26. The van der Waals surface area contributed by atoms with Crippen molar-refractivity contribution in [3.8, 4) is 0 Å². The van der Waals surface area contributed by atoms with Gasteiger partial charge in [0.1, 0.15) is 0 Å². The maximum absolute atomic E-state index is 12.5. The van der Waals surface area contributed by atoms with E-state index in [0.29, 0.717) is 23.1 Å². The number of aromatic nitrogens is 2. The number of hydrogen-bond donors (Lipinski definition) is 1. The van der Waals surface area contributed by atoms with Crippen molar-refractivity contribution in [1.29, 1.82) is 0 Å². The number of hydrogen-bond acceptors (Lipinski definition) is 6. The van der Waals surface area contributed by atoms with E-state index in [1.165, 1.54) is 11.3 Å². The average Bonchev–Trinajstić information content (AvgIpc) is 3.36. The molecule has 0 aliphatic carbocycles. The second kappa shape index (κ2) is 8.45. The molecule has 2 aromatic rings. The largest absolute Gasteiger partial charge is 0.352 e. The van der Waals surface area contributed by atoms with E-state index in [1.54, 1.807) is 4.90 Å². The molecule has 0 atom stereocenters. The predicted octanol–water partition coefficient (Wildman–Crippen LogP) is 2.85. The Balaban J connectivity index is 1.28. The summed E-state index contributed by atoms with van der Waals surface area (Å²) in [5.74, 6) is 0.183.